The zero-order valence-corrected chi connectivity index (χ0v) is 20.8. The molecule has 12 heteroatoms. The van der Waals surface area contributed by atoms with Gasteiger partial charge in [0.05, 0.1) is 16.9 Å². The summed E-state index contributed by atoms with van der Waals surface area (Å²) >= 11 is 1.98. The Morgan fingerprint density at radius 3 is 2.08 bits per heavy atom. The smallest absolute Gasteiger partial charge is 0.329 e. The van der Waals surface area contributed by atoms with Gasteiger partial charge in [-0.2, -0.15) is 5.10 Å². The molecule has 0 aromatic heterocycles. The van der Waals surface area contributed by atoms with Gasteiger partial charge in [-0.1, -0.05) is 0 Å². The van der Waals surface area contributed by atoms with Gasteiger partial charge in [0.15, 0.2) is 18.1 Å². The highest BCUT2D eigenvalue weighted by Gasteiger charge is 2.15. The molecule has 3 aromatic rings. The third-order valence-corrected chi connectivity index (χ3v) is 5.22. The lowest BCUT2D eigenvalue weighted by Crippen LogP contribution is -2.32. The fourth-order valence-corrected chi connectivity index (χ4v) is 3.54. The summed E-state index contributed by atoms with van der Waals surface area (Å²) in [5.74, 6) is -2.73. The molecule has 0 unspecified atom stereocenters. The van der Waals surface area contributed by atoms with Crippen molar-refractivity contribution in [3.05, 3.63) is 81.4 Å². The molecule has 0 atom stereocenters. The van der Waals surface area contributed by atoms with E-state index in [0.29, 0.717) is 26.3 Å². The van der Waals surface area contributed by atoms with E-state index in [-0.39, 0.29) is 12.3 Å². The van der Waals surface area contributed by atoms with Crippen molar-refractivity contribution < 1.29 is 32.6 Å². The Hall–Kier alpha value is -4.07. The van der Waals surface area contributed by atoms with Crippen LogP contribution in [0, 0.1) is 15.2 Å². The monoisotopic (exact) mass is 608 g/mol. The SMILES string of the molecule is COc1cc(/C=N\NC(=O)C(=O)Nc2ccc(F)cc2)cc(I)c1OCC(=O)Nc1ccc(F)cc1. The van der Waals surface area contributed by atoms with Gasteiger partial charge in [-0.15, -0.1) is 0 Å². The first-order valence-electron chi connectivity index (χ1n) is 10.2. The van der Waals surface area contributed by atoms with Gasteiger partial charge >= 0.3 is 11.8 Å². The highest BCUT2D eigenvalue weighted by atomic mass is 127. The lowest BCUT2D eigenvalue weighted by atomic mass is 10.2. The lowest BCUT2D eigenvalue weighted by molar-refractivity contribution is -0.136. The summed E-state index contributed by atoms with van der Waals surface area (Å²) in [6, 6.07) is 13.4. The minimum atomic E-state index is -1.02. The van der Waals surface area contributed by atoms with Crippen LogP contribution in [0.3, 0.4) is 0 Å². The predicted molar refractivity (Wildman–Crippen MR) is 137 cm³/mol. The number of halogens is 3. The Morgan fingerprint density at radius 2 is 1.50 bits per heavy atom. The number of ether oxygens (including phenoxy) is 2. The molecule has 0 heterocycles. The minimum Gasteiger partial charge on any atom is -0.493 e. The molecule has 3 amide bonds. The summed E-state index contributed by atoms with van der Waals surface area (Å²) in [5, 5.41) is 8.66. The van der Waals surface area contributed by atoms with Crippen molar-refractivity contribution in [1.29, 1.82) is 0 Å². The first-order valence-corrected chi connectivity index (χ1v) is 11.3. The van der Waals surface area contributed by atoms with E-state index in [0.717, 1.165) is 12.1 Å². The molecule has 0 aliphatic heterocycles. The minimum absolute atomic E-state index is 0.252. The van der Waals surface area contributed by atoms with Crippen molar-refractivity contribution in [2.75, 3.05) is 24.4 Å². The summed E-state index contributed by atoms with van der Waals surface area (Å²) in [7, 11) is 1.42. The van der Waals surface area contributed by atoms with Crippen LogP contribution in [0.15, 0.2) is 65.8 Å². The van der Waals surface area contributed by atoms with Crippen LogP contribution in [-0.4, -0.2) is 37.7 Å². The number of hydrogen-bond donors (Lipinski definition) is 3. The Balaban J connectivity index is 1.57. The second kappa shape index (κ2) is 12.6. The largest absolute Gasteiger partial charge is 0.493 e. The van der Waals surface area contributed by atoms with Crippen LogP contribution in [0.2, 0.25) is 0 Å². The number of hydrazone groups is 1. The fraction of sp³-hybridized carbons (Fsp3) is 0.0833. The molecule has 0 radical (unpaired) electrons. The van der Waals surface area contributed by atoms with Crippen LogP contribution in [0.4, 0.5) is 20.2 Å². The molecule has 3 aromatic carbocycles. The van der Waals surface area contributed by atoms with E-state index in [1.165, 1.54) is 49.7 Å². The molecule has 0 fully saturated rings. The number of methoxy groups -OCH3 is 1. The van der Waals surface area contributed by atoms with Gasteiger partial charge in [0.2, 0.25) is 0 Å². The number of carbonyl (C=O) groups excluding carboxylic acids is 3. The summed E-state index contributed by atoms with van der Waals surface area (Å²) in [6.07, 6.45) is 1.29. The molecular formula is C24H19F2IN4O5. The van der Waals surface area contributed by atoms with E-state index < -0.39 is 29.4 Å². The van der Waals surface area contributed by atoms with Crippen molar-refractivity contribution in [3.63, 3.8) is 0 Å². The first-order chi connectivity index (χ1) is 17.2. The highest BCUT2D eigenvalue weighted by Crippen LogP contribution is 2.33. The molecule has 3 rings (SSSR count). The van der Waals surface area contributed by atoms with E-state index in [4.69, 9.17) is 9.47 Å². The molecule has 0 spiro atoms. The van der Waals surface area contributed by atoms with Crippen LogP contribution in [-0.2, 0) is 14.4 Å². The normalized spacial score (nSPS) is 10.6. The predicted octanol–water partition coefficient (Wildman–Crippen LogP) is 3.68. The number of anilines is 2. The molecule has 36 heavy (non-hydrogen) atoms. The second-order valence-electron chi connectivity index (χ2n) is 7.04. The zero-order valence-electron chi connectivity index (χ0n) is 18.7. The molecule has 0 bridgehead atoms. The summed E-state index contributed by atoms with van der Waals surface area (Å²) in [4.78, 5) is 36.0. The van der Waals surface area contributed by atoms with Gasteiger partial charge in [-0.05, 0) is 88.8 Å². The standard InChI is InChI=1S/C24H19F2IN4O5/c1-35-20-11-14(12-28-31-24(34)23(33)30-18-8-4-16(26)5-9-18)10-19(27)22(20)36-13-21(32)29-17-6-2-15(25)3-7-17/h2-12H,13H2,1H3,(H,29,32)(H,30,33)(H,31,34)/b28-12-. The molecule has 186 valence electrons. The van der Waals surface area contributed by atoms with Crippen molar-refractivity contribution in [2.24, 2.45) is 5.10 Å². The van der Waals surface area contributed by atoms with E-state index in [2.05, 4.69) is 21.2 Å². The van der Waals surface area contributed by atoms with Gasteiger partial charge in [0.1, 0.15) is 11.6 Å². The number of rotatable bonds is 8. The van der Waals surface area contributed by atoms with E-state index in [1.807, 2.05) is 22.6 Å². The molecule has 0 saturated heterocycles. The zero-order chi connectivity index (χ0) is 26.1. The average Bonchev–Trinajstić information content (AvgIpc) is 2.85. The van der Waals surface area contributed by atoms with E-state index in [1.54, 1.807) is 12.1 Å². The van der Waals surface area contributed by atoms with Crippen molar-refractivity contribution in [2.45, 2.75) is 0 Å². The maximum atomic E-state index is 13.0. The summed E-state index contributed by atoms with van der Waals surface area (Å²) in [5.41, 5.74) is 3.28. The number of nitrogens with one attached hydrogen (secondary N) is 3. The summed E-state index contributed by atoms with van der Waals surface area (Å²) in [6.45, 7) is -0.323. The maximum Gasteiger partial charge on any atom is 0.329 e. The molecule has 9 nitrogen and oxygen atoms in total. The molecule has 0 aliphatic rings. The van der Waals surface area contributed by atoms with Crippen LogP contribution in [0.25, 0.3) is 0 Å². The Kier molecular flexibility index (Phi) is 9.27. The van der Waals surface area contributed by atoms with Crippen molar-refractivity contribution >= 4 is 57.9 Å². The topological polar surface area (TPSA) is 118 Å². The van der Waals surface area contributed by atoms with Crippen LogP contribution in [0.5, 0.6) is 11.5 Å². The molecule has 0 saturated carbocycles. The maximum absolute atomic E-state index is 13.0. The average molecular weight is 608 g/mol. The van der Waals surface area contributed by atoms with E-state index in [9.17, 15) is 23.2 Å². The molecule has 3 N–H and O–H groups in total. The van der Waals surface area contributed by atoms with Crippen LogP contribution in [0.1, 0.15) is 5.56 Å². The second-order valence-corrected chi connectivity index (χ2v) is 8.20. The van der Waals surface area contributed by atoms with Crippen molar-refractivity contribution in [1.82, 2.24) is 5.43 Å². The first kappa shape index (κ1) is 26.5. The van der Waals surface area contributed by atoms with Gasteiger partial charge in [0, 0.05) is 11.4 Å². The van der Waals surface area contributed by atoms with Gasteiger partial charge < -0.3 is 20.1 Å². The number of amides is 3. The third kappa shape index (κ3) is 7.73. The number of nitrogens with zero attached hydrogens (tertiary/aromatic N) is 1. The number of benzene rings is 3. The lowest BCUT2D eigenvalue weighted by Gasteiger charge is -2.13. The molecule has 0 aliphatic carbocycles. The van der Waals surface area contributed by atoms with Gasteiger partial charge in [-0.3, -0.25) is 14.4 Å². The Morgan fingerprint density at radius 1 is 0.917 bits per heavy atom. The van der Waals surface area contributed by atoms with Crippen LogP contribution >= 0.6 is 22.6 Å². The molecular weight excluding hydrogens is 589 g/mol. The number of hydrogen-bond acceptors (Lipinski definition) is 6. The Labute approximate surface area is 218 Å². The quantitative estimate of drug-likeness (QED) is 0.156. The van der Waals surface area contributed by atoms with Crippen molar-refractivity contribution in [3.8, 4) is 11.5 Å². The van der Waals surface area contributed by atoms with Gasteiger partial charge in [0.25, 0.3) is 5.91 Å². The fourth-order valence-electron chi connectivity index (χ4n) is 2.76. The number of carbonyl (C=O) groups is 3. The van der Waals surface area contributed by atoms with Crippen LogP contribution < -0.4 is 25.5 Å². The Bertz CT molecular complexity index is 1280. The highest BCUT2D eigenvalue weighted by molar-refractivity contribution is 14.1. The third-order valence-electron chi connectivity index (χ3n) is 4.42. The summed E-state index contributed by atoms with van der Waals surface area (Å²) < 4.78 is 37.4. The van der Waals surface area contributed by atoms with Gasteiger partial charge in [-0.25, -0.2) is 14.2 Å². The van der Waals surface area contributed by atoms with E-state index >= 15 is 0 Å².